The van der Waals surface area contributed by atoms with Crippen LogP contribution in [0.5, 0.6) is 0 Å². The summed E-state index contributed by atoms with van der Waals surface area (Å²) >= 11 is 0. The molecule has 4 saturated heterocycles. The fraction of sp³-hybridized carbons (Fsp3) is 0.879. The Bertz CT molecular complexity index is 908. The first-order valence-electron chi connectivity index (χ1n) is 18.0. The molecule has 0 aromatic carbocycles. The molecule has 4 aliphatic rings. The first-order chi connectivity index (χ1) is 25.9. The van der Waals surface area contributed by atoms with Gasteiger partial charge in [0.05, 0.1) is 106 Å². The smallest absolute Gasteiger partial charge is 0.246 e. The molecule has 53 heavy (non-hydrogen) atoms. The van der Waals surface area contributed by atoms with E-state index in [4.69, 9.17) is 56.8 Å². The summed E-state index contributed by atoms with van der Waals surface area (Å²) < 4.78 is 63.8. The van der Waals surface area contributed by atoms with Gasteiger partial charge in [0.2, 0.25) is 23.6 Å². The maximum atomic E-state index is 12.8. The average Bonchev–Trinajstić information content (AvgIpc) is 3.96. The summed E-state index contributed by atoms with van der Waals surface area (Å²) in [6.07, 6.45) is 0.508. The van der Waals surface area contributed by atoms with Gasteiger partial charge < -0.3 is 78.1 Å². The van der Waals surface area contributed by atoms with Crippen LogP contribution < -0.4 is 21.3 Å². The molecule has 0 spiro atoms. The van der Waals surface area contributed by atoms with Gasteiger partial charge in [0, 0.05) is 31.6 Å². The van der Waals surface area contributed by atoms with Crippen molar-refractivity contribution in [2.24, 2.45) is 5.41 Å². The number of carbonyl (C=O) groups is 4. The van der Waals surface area contributed by atoms with E-state index in [0.29, 0.717) is 79.3 Å². The first kappa shape index (κ1) is 43.1. The van der Waals surface area contributed by atoms with Crippen LogP contribution in [0.25, 0.3) is 0 Å². The summed E-state index contributed by atoms with van der Waals surface area (Å²) in [6, 6.07) is 0. The molecule has 0 aliphatic carbocycles. The van der Waals surface area contributed by atoms with Crippen LogP contribution in [0.2, 0.25) is 0 Å². The fourth-order valence-corrected chi connectivity index (χ4v) is 4.37. The van der Waals surface area contributed by atoms with E-state index in [1.54, 1.807) is 0 Å². The summed E-state index contributed by atoms with van der Waals surface area (Å²) in [5.74, 6) is -1.76. The number of carbonyl (C=O) groups excluding carboxylic acids is 4. The third-order valence-corrected chi connectivity index (χ3v) is 7.89. The minimum absolute atomic E-state index is 0.0562. The van der Waals surface area contributed by atoms with Crippen molar-refractivity contribution in [1.82, 2.24) is 21.3 Å². The van der Waals surface area contributed by atoms with Crippen LogP contribution in [0.4, 0.5) is 0 Å². The van der Waals surface area contributed by atoms with Crippen LogP contribution in [-0.4, -0.2) is 206 Å². The van der Waals surface area contributed by atoms with Crippen LogP contribution in [0.1, 0.15) is 0 Å². The van der Waals surface area contributed by atoms with Crippen molar-refractivity contribution >= 4 is 23.6 Å². The zero-order valence-electron chi connectivity index (χ0n) is 30.3. The standard InChI is InChI=1S/C33H56N4O16/c38-29(17-46-5-1-42-9-25-13-50-25)34-21-33(22-35-30(39)18-47-6-2-43-10-26-14-51-26,23-36-31(40)19-48-7-3-44-11-27-15-52-27)24-37-32(41)20-49-8-4-45-12-28-16-53-28/h25-28H,1-24H2,(H,34,38)(H,35,39)(H,36,40)(H,37,41). The van der Waals surface area contributed by atoms with Crippen molar-refractivity contribution in [3.8, 4) is 0 Å². The van der Waals surface area contributed by atoms with Gasteiger partial charge in [0.1, 0.15) is 50.8 Å². The van der Waals surface area contributed by atoms with Crippen molar-refractivity contribution in [2.45, 2.75) is 24.4 Å². The third-order valence-electron chi connectivity index (χ3n) is 7.89. The van der Waals surface area contributed by atoms with Gasteiger partial charge >= 0.3 is 0 Å². The zero-order chi connectivity index (χ0) is 37.4. The van der Waals surface area contributed by atoms with Gasteiger partial charge in [-0.15, -0.1) is 0 Å². The largest absolute Gasteiger partial charge is 0.376 e. The van der Waals surface area contributed by atoms with E-state index >= 15 is 0 Å². The van der Waals surface area contributed by atoms with Crippen LogP contribution in [0.15, 0.2) is 0 Å². The number of hydrogen-bond donors (Lipinski definition) is 4. The van der Waals surface area contributed by atoms with E-state index in [1.165, 1.54) is 0 Å². The molecule has 4 rings (SSSR count). The Labute approximate surface area is 309 Å². The van der Waals surface area contributed by atoms with Crippen LogP contribution in [0.3, 0.4) is 0 Å². The van der Waals surface area contributed by atoms with Crippen LogP contribution >= 0.6 is 0 Å². The molecule has 0 radical (unpaired) electrons. The Hall–Kier alpha value is -2.60. The quantitative estimate of drug-likeness (QED) is 0.0353. The first-order valence-corrected chi connectivity index (χ1v) is 18.0. The fourth-order valence-electron chi connectivity index (χ4n) is 4.37. The predicted octanol–water partition coefficient (Wildman–Crippen LogP) is -3.83. The molecule has 20 nitrogen and oxygen atoms in total. The van der Waals surface area contributed by atoms with Gasteiger partial charge in [0.15, 0.2) is 0 Å². The number of epoxide rings is 4. The minimum Gasteiger partial charge on any atom is -0.376 e. The van der Waals surface area contributed by atoms with E-state index in [0.717, 1.165) is 0 Å². The third kappa shape index (κ3) is 23.0. The molecular weight excluding hydrogens is 708 g/mol. The number of rotatable bonds is 36. The molecule has 0 saturated carbocycles. The van der Waals surface area contributed by atoms with E-state index < -0.39 is 29.0 Å². The lowest BCUT2D eigenvalue weighted by molar-refractivity contribution is -0.127. The topological polar surface area (TPSA) is 240 Å². The molecule has 4 aliphatic heterocycles. The lowest BCUT2D eigenvalue weighted by Gasteiger charge is -2.34. The second-order valence-electron chi connectivity index (χ2n) is 12.9. The number of hydrogen-bond acceptors (Lipinski definition) is 16. The molecule has 4 unspecified atom stereocenters. The Balaban J connectivity index is 1.25. The summed E-state index contributed by atoms with van der Waals surface area (Å²) in [6.45, 7) is 5.39. The molecule has 4 N–H and O–H groups in total. The van der Waals surface area contributed by atoms with Gasteiger partial charge in [-0.25, -0.2) is 0 Å². The molecule has 304 valence electrons. The molecule has 0 aromatic heterocycles. The summed E-state index contributed by atoms with van der Waals surface area (Å²) in [5.41, 5.74) is -1.10. The molecule has 20 heteroatoms. The van der Waals surface area contributed by atoms with Gasteiger partial charge in [0.25, 0.3) is 0 Å². The van der Waals surface area contributed by atoms with E-state index in [1.807, 2.05) is 0 Å². The normalized spacial score (nSPS) is 22.0. The summed E-state index contributed by atoms with van der Waals surface area (Å²) in [4.78, 5) is 51.2. The van der Waals surface area contributed by atoms with Crippen molar-refractivity contribution in [1.29, 1.82) is 0 Å². The molecule has 0 aromatic rings. The second kappa shape index (κ2) is 25.5. The van der Waals surface area contributed by atoms with Gasteiger partial charge in [-0.2, -0.15) is 0 Å². The highest BCUT2D eigenvalue weighted by atomic mass is 16.6. The average molecular weight is 765 g/mol. The van der Waals surface area contributed by atoms with Crippen LogP contribution in [0, 0.1) is 5.41 Å². The molecule has 4 amide bonds. The van der Waals surface area contributed by atoms with E-state index in [2.05, 4.69) is 21.3 Å². The van der Waals surface area contributed by atoms with Gasteiger partial charge in [-0.3, -0.25) is 19.2 Å². The van der Waals surface area contributed by atoms with Gasteiger partial charge in [-0.05, 0) is 0 Å². The highest BCUT2D eigenvalue weighted by Gasteiger charge is 2.33. The minimum atomic E-state index is -1.10. The highest BCUT2D eigenvalue weighted by Crippen LogP contribution is 2.15. The maximum Gasteiger partial charge on any atom is 0.246 e. The van der Waals surface area contributed by atoms with Gasteiger partial charge in [-0.1, -0.05) is 0 Å². The van der Waals surface area contributed by atoms with Crippen molar-refractivity contribution in [2.75, 3.05) is 158 Å². The SMILES string of the molecule is O=C(COCCOCC1CO1)NCC(CNC(=O)COCCOCC1CO1)(CNC(=O)COCCOCC1CO1)CNC(=O)COCCOCC1CO1. The van der Waals surface area contributed by atoms with Crippen molar-refractivity contribution in [3.05, 3.63) is 0 Å². The predicted molar refractivity (Wildman–Crippen MR) is 180 cm³/mol. The Morgan fingerprint density at radius 1 is 0.396 bits per heavy atom. The Morgan fingerprint density at radius 2 is 0.604 bits per heavy atom. The molecule has 4 heterocycles. The van der Waals surface area contributed by atoms with E-state index in [9.17, 15) is 19.2 Å². The molecule has 0 bridgehead atoms. The Kier molecular flexibility index (Phi) is 20.7. The second-order valence-corrected chi connectivity index (χ2v) is 12.9. The zero-order valence-corrected chi connectivity index (χ0v) is 30.3. The number of amides is 4. The van der Waals surface area contributed by atoms with Crippen LogP contribution in [-0.2, 0) is 76.0 Å². The van der Waals surface area contributed by atoms with Crippen molar-refractivity contribution in [3.63, 3.8) is 0 Å². The monoisotopic (exact) mass is 764 g/mol. The maximum absolute atomic E-state index is 12.8. The highest BCUT2D eigenvalue weighted by molar-refractivity contribution is 5.79. The lowest BCUT2D eigenvalue weighted by atomic mass is 9.86. The molecule has 4 atom stereocenters. The Morgan fingerprint density at radius 3 is 0.811 bits per heavy atom. The number of nitrogens with one attached hydrogen (secondary N) is 4. The molecular formula is C33H56N4O16. The van der Waals surface area contributed by atoms with E-state index in [-0.39, 0.29) is 103 Å². The summed E-state index contributed by atoms with van der Waals surface area (Å²) in [5, 5.41) is 11.2. The lowest BCUT2D eigenvalue weighted by Crippen LogP contribution is -2.57. The molecule has 4 fully saturated rings. The number of ether oxygens (including phenoxy) is 12. The summed E-state index contributed by atoms with van der Waals surface area (Å²) in [7, 11) is 0. The van der Waals surface area contributed by atoms with Crippen molar-refractivity contribution < 1.29 is 76.0 Å².